The van der Waals surface area contributed by atoms with Gasteiger partial charge in [-0.05, 0) is 43.2 Å². The van der Waals surface area contributed by atoms with E-state index in [0.29, 0.717) is 6.61 Å². The van der Waals surface area contributed by atoms with Crippen LogP contribution in [0.3, 0.4) is 0 Å². The second-order valence-electron chi connectivity index (χ2n) is 7.43. The molecule has 1 unspecified atom stereocenters. The van der Waals surface area contributed by atoms with Crippen molar-refractivity contribution in [3.05, 3.63) is 70.0 Å². The quantitative estimate of drug-likeness (QED) is 0.407. The van der Waals surface area contributed by atoms with Gasteiger partial charge in [0.2, 0.25) is 0 Å². The minimum Gasteiger partial charge on any atom is -0.488 e. The highest BCUT2D eigenvalue weighted by Gasteiger charge is 2.34. The van der Waals surface area contributed by atoms with Gasteiger partial charge < -0.3 is 9.64 Å². The minimum absolute atomic E-state index is 0.0718. The van der Waals surface area contributed by atoms with Crippen molar-refractivity contribution >= 4 is 38.8 Å². The Morgan fingerprint density at radius 1 is 1.10 bits per heavy atom. The molecule has 1 fully saturated rings. The van der Waals surface area contributed by atoms with Crippen molar-refractivity contribution in [2.24, 2.45) is 0 Å². The second-order valence-corrected chi connectivity index (χ2v) is 9.54. The number of thiazole rings is 1. The monoisotopic (exact) mass is 418 g/mol. The van der Waals surface area contributed by atoms with Crippen molar-refractivity contribution in [3.8, 4) is 16.2 Å². The predicted octanol–water partition coefficient (Wildman–Crippen LogP) is 5.89. The largest absolute Gasteiger partial charge is 0.488 e. The highest BCUT2D eigenvalue weighted by Crippen LogP contribution is 2.44. The molecule has 1 saturated heterocycles. The van der Waals surface area contributed by atoms with Crippen LogP contribution in [-0.2, 0) is 6.61 Å². The van der Waals surface area contributed by atoms with E-state index < -0.39 is 0 Å². The summed E-state index contributed by atoms with van der Waals surface area (Å²) < 4.78 is 7.05. The Bertz CT molecular complexity index is 1210. The molecule has 0 saturated carbocycles. The molecule has 4 heterocycles. The van der Waals surface area contributed by atoms with E-state index in [0.717, 1.165) is 56.5 Å². The summed E-state index contributed by atoms with van der Waals surface area (Å²) in [5.41, 5.74) is 3.21. The zero-order valence-electron chi connectivity index (χ0n) is 15.6. The van der Waals surface area contributed by atoms with Crippen LogP contribution in [0.2, 0.25) is 0 Å². The average Bonchev–Trinajstić information content (AvgIpc) is 3.50. The fourth-order valence-electron chi connectivity index (χ4n) is 4.25. The van der Waals surface area contributed by atoms with Gasteiger partial charge in [0.05, 0.1) is 21.1 Å². The number of nitrogens with zero attached hydrogens (tertiary/aromatic N) is 2. The number of carbonyl (C=O) groups is 1. The molecular weight excluding hydrogens is 400 g/mol. The summed E-state index contributed by atoms with van der Waals surface area (Å²) in [6, 6.07) is 18.3. The molecule has 2 aliphatic heterocycles. The smallest absolute Gasteiger partial charge is 0.264 e. The van der Waals surface area contributed by atoms with Crippen LogP contribution in [0.5, 0.6) is 5.75 Å². The molecule has 0 N–H and O–H groups in total. The van der Waals surface area contributed by atoms with Crippen LogP contribution in [0.25, 0.3) is 20.7 Å². The van der Waals surface area contributed by atoms with E-state index in [4.69, 9.17) is 9.72 Å². The van der Waals surface area contributed by atoms with Crippen LogP contribution in [0, 0.1) is 0 Å². The number of benzene rings is 2. The maximum absolute atomic E-state index is 13.4. The first-order valence-corrected chi connectivity index (χ1v) is 11.4. The lowest BCUT2D eigenvalue weighted by atomic mass is 10.1. The second kappa shape index (κ2) is 6.68. The van der Waals surface area contributed by atoms with Gasteiger partial charge in [0, 0.05) is 22.5 Å². The van der Waals surface area contributed by atoms with Crippen LogP contribution < -0.4 is 4.74 Å². The molecule has 1 amide bonds. The van der Waals surface area contributed by atoms with E-state index in [1.165, 1.54) is 4.70 Å². The molecule has 2 aliphatic rings. The maximum Gasteiger partial charge on any atom is 0.264 e. The molecule has 1 atom stereocenters. The van der Waals surface area contributed by atoms with E-state index in [2.05, 4.69) is 12.1 Å². The van der Waals surface area contributed by atoms with Crippen molar-refractivity contribution in [1.29, 1.82) is 0 Å². The number of amides is 1. The molecular formula is C23H18N2O2S2. The topological polar surface area (TPSA) is 42.4 Å². The SMILES string of the molecule is O=C(c1cc2c(s1)-c1ccccc1OC2)N1CCCC1c1nc2ccccc2s1. The van der Waals surface area contributed by atoms with Crippen molar-refractivity contribution in [2.75, 3.05) is 6.54 Å². The number of likely N-dealkylation sites (tertiary alicyclic amines) is 1. The van der Waals surface area contributed by atoms with E-state index in [1.54, 1.807) is 22.7 Å². The molecule has 2 aromatic heterocycles. The summed E-state index contributed by atoms with van der Waals surface area (Å²) in [6.07, 6.45) is 1.99. The Hall–Kier alpha value is -2.70. The Morgan fingerprint density at radius 2 is 1.97 bits per heavy atom. The Labute approximate surface area is 176 Å². The molecule has 29 heavy (non-hydrogen) atoms. The summed E-state index contributed by atoms with van der Waals surface area (Å²) in [5.74, 6) is 1.01. The number of carbonyl (C=O) groups excluding carboxylic acids is 1. The molecule has 0 bridgehead atoms. The van der Waals surface area contributed by atoms with Crippen LogP contribution in [-0.4, -0.2) is 22.3 Å². The molecule has 2 aromatic carbocycles. The number of ether oxygens (including phenoxy) is 1. The third-order valence-corrected chi connectivity index (χ3v) is 7.98. The zero-order chi connectivity index (χ0) is 19.4. The first-order valence-electron chi connectivity index (χ1n) is 9.79. The maximum atomic E-state index is 13.4. The van der Waals surface area contributed by atoms with Crippen LogP contribution in [0.4, 0.5) is 0 Å². The van der Waals surface area contributed by atoms with Gasteiger partial charge in [-0.2, -0.15) is 0 Å². The fraction of sp³-hybridized carbons (Fsp3) is 0.217. The highest BCUT2D eigenvalue weighted by molar-refractivity contribution is 7.18. The molecule has 0 spiro atoms. The predicted molar refractivity (Wildman–Crippen MR) is 117 cm³/mol. The third-order valence-electron chi connectivity index (χ3n) is 5.64. The number of aromatic nitrogens is 1. The minimum atomic E-state index is 0.0718. The molecule has 4 nitrogen and oxygen atoms in total. The van der Waals surface area contributed by atoms with Crippen molar-refractivity contribution in [2.45, 2.75) is 25.5 Å². The normalized spacial score (nSPS) is 17.8. The molecule has 0 radical (unpaired) electrons. The molecule has 6 heteroatoms. The Kier molecular flexibility index (Phi) is 3.96. The van der Waals surface area contributed by atoms with Gasteiger partial charge in [-0.15, -0.1) is 22.7 Å². The Morgan fingerprint density at radius 3 is 2.90 bits per heavy atom. The first-order chi connectivity index (χ1) is 14.3. The van der Waals surface area contributed by atoms with E-state index >= 15 is 0 Å². The summed E-state index contributed by atoms with van der Waals surface area (Å²) in [4.78, 5) is 22.2. The van der Waals surface area contributed by atoms with E-state index in [1.807, 2.05) is 47.4 Å². The molecule has 0 aliphatic carbocycles. The van der Waals surface area contributed by atoms with Gasteiger partial charge in [-0.25, -0.2) is 4.98 Å². The number of rotatable bonds is 2. The standard InChI is InChI=1S/C23H18N2O2S2/c26-23(20-12-14-13-27-18-9-3-1-6-15(18)21(14)28-20)25-11-5-8-17(25)22-24-16-7-2-4-10-19(16)29-22/h1-4,6-7,9-10,12,17H,5,8,11,13H2. The lowest BCUT2D eigenvalue weighted by Gasteiger charge is -2.22. The van der Waals surface area contributed by atoms with Crippen LogP contribution >= 0.6 is 22.7 Å². The lowest BCUT2D eigenvalue weighted by molar-refractivity contribution is 0.0740. The van der Waals surface area contributed by atoms with Gasteiger partial charge in [0.15, 0.2) is 0 Å². The molecule has 6 rings (SSSR count). The summed E-state index contributed by atoms with van der Waals surface area (Å²) in [5, 5.41) is 1.05. The summed E-state index contributed by atoms with van der Waals surface area (Å²) >= 11 is 3.29. The van der Waals surface area contributed by atoms with Gasteiger partial charge in [-0.3, -0.25) is 4.79 Å². The van der Waals surface area contributed by atoms with Crippen molar-refractivity contribution in [1.82, 2.24) is 9.88 Å². The number of fused-ring (bicyclic) bond motifs is 4. The number of hydrogen-bond acceptors (Lipinski definition) is 5. The van der Waals surface area contributed by atoms with Crippen molar-refractivity contribution < 1.29 is 9.53 Å². The number of thiophene rings is 1. The van der Waals surface area contributed by atoms with Gasteiger partial charge >= 0.3 is 0 Å². The highest BCUT2D eigenvalue weighted by atomic mass is 32.1. The average molecular weight is 419 g/mol. The van der Waals surface area contributed by atoms with Crippen LogP contribution in [0.15, 0.2) is 54.6 Å². The van der Waals surface area contributed by atoms with Crippen molar-refractivity contribution in [3.63, 3.8) is 0 Å². The fourth-order valence-corrected chi connectivity index (χ4v) is 6.51. The van der Waals surface area contributed by atoms with E-state index in [9.17, 15) is 4.79 Å². The lowest BCUT2D eigenvalue weighted by Crippen LogP contribution is -2.29. The van der Waals surface area contributed by atoms with E-state index in [-0.39, 0.29) is 11.9 Å². The molecule has 144 valence electrons. The summed E-state index contributed by atoms with van der Waals surface area (Å²) in [7, 11) is 0. The first kappa shape index (κ1) is 17.2. The van der Waals surface area contributed by atoms with Crippen LogP contribution in [0.1, 0.15) is 39.1 Å². The molecule has 4 aromatic rings. The number of hydrogen-bond donors (Lipinski definition) is 0. The van der Waals surface area contributed by atoms with Gasteiger partial charge in [0.1, 0.15) is 17.4 Å². The Balaban J connectivity index is 1.34. The van der Waals surface area contributed by atoms with Gasteiger partial charge in [-0.1, -0.05) is 24.3 Å². The van der Waals surface area contributed by atoms with Gasteiger partial charge in [0.25, 0.3) is 5.91 Å². The number of para-hydroxylation sites is 2. The summed E-state index contributed by atoms with van der Waals surface area (Å²) in [6.45, 7) is 1.31. The third kappa shape index (κ3) is 2.78. The zero-order valence-corrected chi connectivity index (χ0v) is 17.3.